The number of carbonyl (C=O) groups excluding carboxylic acids is 1. The second-order valence-electron chi connectivity index (χ2n) is 9.43. The third-order valence-corrected chi connectivity index (χ3v) is 7.07. The van der Waals surface area contributed by atoms with E-state index in [2.05, 4.69) is 0 Å². The molecule has 0 fully saturated rings. The molecule has 0 radical (unpaired) electrons. The molecule has 0 aliphatic heterocycles. The lowest BCUT2D eigenvalue weighted by atomic mass is 10.1. The van der Waals surface area contributed by atoms with Crippen LogP contribution in [0, 0.1) is 12.7 Å². The van der Waals surface area contributed by atoms with Gasteiger partial charge in [-0.3, -0.25) is 14.2 Å². The number of hydrogen-bond acceptors (Lipinski definition) is 3. The van der Waals surface area contributed by atoms with E-state index in [-0.39, 0.29) is 16.5 Å². The number of hydrogen-bond donors (Lipinski definition) is 0. The van der Waals surface area contributed by atoms with E-state index in [0.717, 1.165) is 11.1 Å². The summed E-state index contributed by atoms with van der Waals surface area (Å²) in [6.45, 7) is 4.23. The molecule has 39 heavy (non-hydrogen) atoms. The van der Waals surface area contributed by atoms with Gasteiger partial charge in [-0.15, -0.1) is 0 Å². The van der Waals surface area contributed by atoms with Gasteiger partial charge in [0.25, 0.3) is 11.5 Å². The monoisotopic (exact) mass is 539 g/mol. The summed E-state index contributed by atoms with van der Waals surface area (Å²) < 4.78 is 15.5. The Morgan fingerprint density at radius 3 is 2.36 bits per heavy atom. The minimum Gasteiger partial charge on any atom is -0.324 e. The highest BCUT2D eigenvalue weighted by Gasteiger charge is 2.30. The fourth-order valence-electron chi connectivity index (χ4n) is 4.76. The summed E-state index contributed by atoms with van der Waals surface area (Å²) in [5, 5.41) is 0.305. The van der Waals surface area contributed by atoms with Gasteiger partial charge in [-0.2, -0.15) is 0 Å². The van der Waals surface area contributed by atoms with Gasteiger partial charge in [0.15, 0.2) is 0 Å². The number of carbonyl (C=O) groups is 1. The second-order valence-corrected chi connectivity index (χ2v) is 9.84. The van der Waals surface area contributed by atoms with Crippen LogP contribution in [0.15, 0.2) is 102 Å². The Bertz CT molecular complexity index is 1700. The van der Waals surface area contributed by atoms with E-state index in [1.54, 1.807) is 23.1 Å². The molecular weight excluding hydrogens is 513 g/mol. The van der Waals surface area contributed by atoms with E-state index in [0.29, 0.717) is 40.9 Å². The molecule has 0 aliphatic rings. The van der Waals surface area contributed by atoms with Crippen molar-refractivity contribution in [1.29, 1.82) is 0 Å². The van der Waals surface area contributed by atoms with Gasteiger partial charge < -0.3 is 4.90 Å². The molecule has 196 valence electrons. The largest absolute Gasteiger partial charge is 0.324 e. The molecule has 5 rings (SSSR count). The van der Waals surface area contributed by atoms with Gasteiger partial charge >= 0.3 is 0 Å². The summed E-state index contributed by atoms with van der Waals surface area (Å²) in [4.78, 5) is 34.6. The Morgan fingerprint density at radius 1 is 0.974 bits per heavy atom. The van der Waals surface area contributed by atoms with Crippen molar-refractivity contribution >= 4 is 28.4 Å². The zero-order chi connectivity index (χ0) is 27.5. The van der Waals surface area contributed by atoms with Gasteiger partial charge in [0, 0.05) is 12.1 Å². The first-order chi connectivity index (χ1) is 18.9. The molecule has 0 saturated heterocycles. The van der Waals surface area contributed by atoms with E-state index >= 15 is 0 Å². The Morgan fingerprint density at radius 2 is 1.67 bits per heavy atom. The molecule has 1 aromatic heterocycles. The third kappa shape index (κ3) is 5.33. The predicted octanol–water partition coefficient (Wildman–Crippen LogP) is 7.28. The summed E-state index contributed by atoms with van der Waals surface area (Å²) in [5.41, 5.74) is 3.10. The minimum atomic E-state index is -0.587. The van der Waals surface area contributed by atoms with E-state index in [1.807, 2.05) is 74.5 Å². The van der Waals surface area contributed by atoms with Crippen LogP contribution in [0.5, 0.6) is 0 Å². The second kappa shape index (κ2) is 11.2. The zero-order valence-electron chi connectivity index (χ0n) is 21.6. The van der Waals surface area contributed by atoms with E-state index in [9.17, 15) is 14.0 Å². The molecule has 1 heterocycles. The number of aryl methyl sites for hydroxylation is 1. The van der Waals surface area contributed by atoms with Crippen molar-refractivity contribution in [2.45, 2.75) is 32.9 Å². The number of fused-ring (bicyclic) bond motifs is 1. The van der Waals surface area contributed by atoms with Crippen molar-refractivity contribution in [1.82, 2.24) is 14.5 Å². The molecule has 7 heteroatoms. The maximum Gasteiger partial charge on any atom is 0.266 e. The molecule has 1 unspecified atom stereocenters. The van der Waals surface area contributed by atoms with Crippen LogP contribution in [0.3, 0.4) is 0 Å². The molecule has 1 amide bonds. The molecule has 0 spiro atoms. The summed E-state index contributed by atoms with van der Waals surface area (Å²) >= 11 is 6.14. The SMILES string of the molecule is CCC(c1nc2ccccc2c(=O)n1-c1ccc(F)c(Cl)c1)N(Cc1ccccc1)C(=O)c1ccc(C)cc1. The maximum absolute atomic E-state index is 14.1. The topological polar surface area (TPSA) is 55.2 Å². The zero-order valence-corrected chi connectivity index (χ0v) is 22.4. The van der Waals surface area contributed by atoms with Crippen LogP contribution in [0.1, 0.15) is 46.7 Å². The summed E-state index contributed by atoms with van der Waals surface area (Å²) in [7, 11) is 0. The number of para-hydroxylation sites is 1. The third-order valence-electron chi connectivity index (χ3n) is 6.78. The van der Waals surface area contributed by atoms with Crippen molar-refractivity contribution in [3.8, 4) is 5.69 Å². The van der Waals surface area contributed by atoms with Crippen molar-refractivity contribution in [3.05, 3.63) is 141 Å². The van der Waals surface area contributed by atoms with Crippen LogP contribution in [0.2, 0.25) is 5.02 Å². The standard InChI is InChI=1S/C32H27ClFN3O2/c1-3-29(36(20-22-9-5-4-6-10-22)31(38)23-15-13-21(2)14-16-23)30-35-28-12-8-7-11-25(28)32(39)37(30)24-17-18-27(34)26(33)19-24/h4-19,29H,3,20H2,1-2H3. The minimum absolute atomic E-state index is 0.108. The van der Waals surface area contributed by atoms with Crippen LogP contribution < -0.4 is 5.56 Å². The Hall–Kier alpha value is -4.29. The average molecular weight is 540 g/mol. The quantitative estimate of drug-likeness (QED) is 0.218. The molecule has 5 nitrogen and oxygen atoms in total. The van der Waals surface area contributed by atoms with E-state index in [4.69, 9.17) is 16.6 Å². The summed E-state index contributed by atoms with van der Waals surface area (Å²) in [6, 6.07) is 27.7. The smallest absolute Gasteiger partial charge is 0.266 e. The molecule has 1 atom stereocenters. The highest BCUT2D eigenvalue weighted by Crippen LogP contribution is 2.30. The van der Waals surface area contributed by atoms with Crippen LogP contribution in [-0.2, 0) is 6.54 Å². The van der Waals surface area contributed by atoms with Crippen molar-refractivity contribution in [3.63, 3.8) is 0 Å². The number of halogens is 2. The number of aromatic nitrogens is 2. The first kappa shape index (κ1) is 26.3. The number of rotatable bonds is 7. The van der Waals surface area contributed by atoms with Gasteiger partial charge in [-0.25, -0.2) is 9.37 Å². The lowest BCUT2D eigenvalue weighted by Gasteiger charge is -2.32. The van der Waals surface area contributed by atoms with Crippen LogP contribution in [0.25, 0.3) is 16.6 Å². The van der Waals surface area contributed by atoms with E-state index < -0.39 is 11.9 Å². The molecule has 0 aliphatic carbocycles. The van der Waals surface area contributed by atoms with Gasteiger partial charge in [0.05, 0.1) is 27.7 Å². The van der Waals surface area contributed by atoms with Crippen molar-refractivity contribution in [2.75, 3.05) is 0 Å². The normalized spacial score (nSPS) is 11.9. The van der Waals surface area contributed by atoms with Gasteiger partial charge in [-0.05, 0) is 61.4 Å². The lowest BCUT2D eigenvalue weighted by Crippen LogP contribution is -2.38. The predicted molar refractivity (Wildman–Crippen MR) is 153 cm³/mol. The van der Waals surface area contributed by atoms with Gasteiger partial charge in [0.2, 0.25) is 0 Å². The fourth-order valence-corrected chi connectivity index (χ4v) is 4.93. The van der Waals surface area contributed by atoms with Crippen LogP contribution >= 0.6 is 11.6 Å². The van der Waals surface area contributed by atoms with Crippen LogP contribution in [-0.4, -0.2) is 20.4 Å². The van der Waals surface area contributed by atoms with Gasteiger partial charge in [-0.1, -0.05) is 78.7 Å². The highest BCUT2D eigenvalue weighted by atomic mass is 35.5. The highest BCUT2D eigenvalue weighted by molar-refractivity contribution is 6.30. The Balaban J connectivity index is 1.74. The molecule has 5 aromatic rings. The molecular formula is C32H27ClFN3O2. The average Bonchev–Trinajstić information content (AvgIpc) is 2.95. The molecule has 0 saturated carbocycles. The Kier molecular flexibility index (Phi) is 7.57. The van der Waals surface area contributed by atoms with Crippen LogP contribution in [0.4, 0.5) is 4.39 Å². The molecule has 0 N–H and O–H groups in total. The van der Waals surface area contributed by atoms with E-state index in [1.165, 1.54) is 22.8 Å². The number of benzene rings is 4. The lowest BCUT2D eigenvalue weighted by molar-refractivity contribution is 0.0640. The van der Waals surface area contributed by atoms with Gasteiger partial charge in [0.1, 0.15) is 11.6 Å². The fraction of sp³-hybridized carbons (Fsp3) is 0.156. The maximum atomic E-state index is 14.1. The Labute approximate surface area is 231 Å². The number of nitrogens with zero attached hydrogens (tertiary/aromatic N) is 3. The molecule has 4 aromatic carbocycles. The van der Waals surface area contributed by atoms with Crippen molar-refractivity contribution in [2.24, 2.45) is 0 Å². The molecule has 0 bridgehead atoms. The number of amides is 1. The van der Waals surface area contributed by atoms with Crippen molar-refractivity contribution < 1.29 is 9.18 Å². The summed E-state index contributed by atoms with van der Waals surface area (Å²) in [5.74, 6) is -0.395. The first-order valence-corrected chi connectivity index (χ1v) is 13.1. The first-order valence-electron chi connectivity index (χ1n) is 12.8. The summed E-state index contributed by atoms with van der Waals surface area (Å²) in [6.07, 6.45) is 0.476.